The molecule has 45 heavy (non-hydrogen) atoms. The number of aryl methyl sites for hydroxylation is 4. The van der Waals surface area contributed by atoms with Crippen molar-refractivity contribution in [2.24, 2.45) is 0 Å². The van der Waals surface area contributed by atoms with E-state index in [4.69, 9.17) is 9.47 Å². The molecule has 0 amide bonds. The molecule has 0 aromatic heterocycles. The largest absolute Gasteiger partial charge is 0.377 e. The van der Waals surface area contributed by atoms with Crippen molar-refractivity contribution in [1.29, 1.82) is 0 Å². The minimum atomic E-state index is -1.63. The fourth-order valence-corrected chi connectivity index (χ4v) is 7.51. The van der Waals surface area contributed by atoms with Gasteiger partial charge in [-0.1, -0.05) is 139 Å². The quantitative estimate of drug-likeness (QED) is 0.170. The van der Waals surface area contributed by atoms with E-state index in [2.05, 4.69) is 65.8 Å². The average Bonchev–Trinajstić information content (AvgIpc) is 3.52. The van der Waals surface area contributed by atoms with Gasteiger partial charge in [-0.05, 0) is 83.0 Å². The molecular formula is C41H50O4. The Bertz CT molecular complexity index is 1380. The molecule has 1 saturated heterocycles. The Kier molecular flexibility index (Phi) is 10.0. The van der Waals surface area contributed by atoms with Gasteiger partial charge in [0.15, 0.2) is 5.79 Å². The number of ether oxygens (including phenoxy) is 2. The third kappa shape index (κ3) is 5.57. The second-order valence-corrected chi connectivity index (χ2v) is 12.3. The van der Waals surface area contributed by atoms with Gasteiger partial charge in [0.2, 0.25) is 0 Å². The van der Waals surface area contributed by atoms with Crippen molar-refractivity contribution in [2.45, 2.75) is 109 Å². The molecule has 4 heteroatoms. The van der Waals surface area contributed by atoms with Gasteiger partial charge in [-0.3, -0.25) is 0 Å². The van der Waals surface area contributed by atoms with Crippen LogP contribution >= 0.6 is 0 Å². The van der Waals surface area contributed by atoms with Crippen LogP contribution < -0.4 is 0 Å². The minimum absolute atomic E-state index is 0.568. The normalized spacial score (nSPS) is 18.3. The van der Waals surface area contributed by atoms with Crippen LogP contribution in [0.4, 0.5) is 0 Å². The van der Waals surface area contributed by atoms with Crippen LogP contribution in [0.3, 0.4) is 0 Å². The lowest BCUT2D eigenvalue weighted by molar-refractivity contribution is -0.200. The number of hydrogen-bond acceptors (Lipinski definition) is 4. The van der Waals surface area contributed by atoms with Crippen molar-refractivity contribution in [2.75, 3.05) is 0 Å². The molecule has 1 aliphatic heterocycles. The van der Waals surface area contributed by atoms with E-state index in [1.807, 2.05) is 72.8 Å². The second-order valence-electron chi connectivity index (χ2n) is 12.3. The Morgan fingerprint density at radius 3 is 0.933 bits per heavy atom. The van der Waals surface area contributed by atoms with Crippen LogP contribution in [0.5, 0.6) is 0 Å². The maximum absolute atomic E-state index is 13.7. The molecule has 0 unspecified atom stereocenters. The van der Waals surface area contributed by atoms with Gasteiger partial charge in [0.25, 0.3) is 0 Å². The fourth-order valence-electron chi connectivity index (χ4n) is 7.51. The number of benzene rings is 4. The molecule has 5 rings (SSSR count). The predicted molar refractivity (Wildman–Crippen MR) is 182 cm³/mol. The SMILES string of the molecule is CCc1ccccc1C(O)(c1ccccc1CC)[C@@H]1OC(CC)(CC)O[C@H]1C(O)(c1ccccc1CC)c1ccccc1CC. The molecule has 1 aliphatic rings. The average molecular weight is 607 g/mol. The van der Waals surface area contributed by atoms with Crippen molar-refractivity contribution in [3.8, 4) is 0 Å². The summed E-state index contributed by atoms with van der Waals surface area (Å²) in [6.45, 7) is 12.6. The summed E-state index contributed by atoms with van der Waals surface area (Å²) in [5.74, 6) is -0.998. The van der Waals surface area contributed by atoms with Gasteiger partial charge in [0.1, 0.15) is 23.4 Å². The summed E-state index contributed by atoms with van der Waals surface area (Å²) in [4.78, 5) is 0. The van der Waals surface area contributed by atoms with E-state index in [-0.39, 0.29) is 0 Å². The highest BCUT2D eigenvalue weighted by atomic mass is 16.8. The highest BCUT2D eigenvalue weighted by molar-refractivity contribution is 5.51. The fraction of sp³-hybridized carbons (Fsp3) is 0.415. The van der Waals surface area contributed by atoms with Gasteiger partial charge >= 0.3 is 0 Å². The lowest BCUT2D eigenvalue weighted by Gasteiger charge is -2.44. The van der Waals surface area contributed by atoms with E-state index in [1.165, 1.54) is 0 Å². The van der Waals surface area contributed by atoms with Crippen molar-refractivity contribution in [3.05, 3.63) is 142 Å². The molecule has 4 aromatic carbocycles. The van der Waals surface area contributed by atoms with E-state index in [9.17, 15) is 10.2 Å². The van der Waals surface area contributed by atoms with Crippen LogP contribution in [-0.2, 0) is 46.4 Å². The first-order valence-corrected chi connectivity index (χ1v) is 16.9. The summed E-state index contributed by atoms with van der Waals surface area (Å²) < 4.78 is 14.3. The molecule has 1 fully saturated rings. The maximum atomic E-state index is 13.7. The summed E-state index contributed by atoms with van der Waals surface area (Å²) in [6, 6.07) is 32.4. The Hall–Kier alpha value is -3.28. The van der Waals surface area contributed by atoms with Crippen LogP contribution in [0.15, 0.2) is 97.1 Å². The third-order valence-corrected chi connectivity index (χ3v) is 10.1. The van der Waals surface area contributed by atoms with Crippen LogP contribution in [-0.4, -0.2) is 28.2 Å². The molecule has 2 atom stereocenters. The van der Waals surface area contributed by atoms with Gasteiger partial charge in [-0.2, -0.15) is 0 Å². The lowest BCUT2D eigenvalue weighted by Crippen LogP contribution is -2.56. The molecule has 0 aliphatic carbocycles. The summed E-state index contributed by atoms with van der Waals surface area (Å²) in [5, 5.41) is 27.3. The van der Waals surface area contributed by atoms with E-state index < -0.39 is 29.2 Å². The summed E-state index contributed by atoms with van der Waals surface area (Å²) >= 11 is 0. The predicted octanol–water partition coefficient (Wildman–Crippen LogP) is 8.41. The maximum Gasteiger partial charge on any atom is 0.169 e. The molecule has 4 nitrogen and oxygen atoms in total. The monoisotopic (exact) mass is 606 g/mol. The molecule has 0 saturated carbocycles. The number of aliphatic hydroxyl groups is 2. The van der Waals surface area contributed by atoms with E-state index in [0.29, 0.717) is 12.8 Å². The third-order valence-electron chi connectivity index (χ3n) is 10.1. The molecule has 1 heterocycles. The van der Waals surface area contributed by atoms with Gasteiger partial charge in [0, 0.05) is 0 Å². The van der Waals surface area contributed by atoms with Crippen molar-refractivity contribution in [1.82, 2.24) is 0 Å². The van der Waals surface area contributed by atoms with Crippen molar-refractivity contribution >= 4 is 0 Å². The Labute approximate surface area is 270 Å². The Balaban J connectivity index is 1.91. The van der Waals surface area contributed by atoms with Crippen LogP contribution in [0.2, 0.25) is 0 Å². The number of hydrogen-bond donors (Lipinski definition) is 2. The summed E-state index contributed by atoms with van der Waals surface area (Å²) in [6.07, 6.45) is 2.18. The molecular weight excluding hydrogens is 556 g/mol. The number of rotatable bonds is 12. The van der Waals surface area contributed by atoms with Crippen LogP contribution in [0, 0.1) is 0 Å². The topological polar surface area (TPSA) is 58.9 Å². The van der Waals surface area contributed by atoms with Crippen LogP contribution in [0.1, 0.15) is 98.9 Å². The molecule has 4 aromatic rings. The molecule has 238 valence electrons. The van der Waals surface area contributed by atoms with Crippen LogP contribution in [0.25, 0.3) is 0 Å². The Morgan fingerprint density at radius 1 is 0.467 bits per heavy atom. The van der Waals surface area contributed by atoms with Gasteiger partial charge in [0.05, 0.1) is 0 Å². The molecule has 0 spiro atoms. The highest BCUT2D eigenvalue weighted by Gasteiger charge is 2.63. The zero-order chi connectivity index (χ0) is 32.2. The smallest absolute Gasteiger partial charge is 0.169 e. The zero-order valence-corrected chi connectivity index (χ0v) is 27.8. The first-order chi connectivity index (χ1) is 21.8. The minimum Gasteiger partial charge on any atom is -0.377 e. The summed E-state index contributed by atoms with van der Waals surface area (Å²) in [7, 11) is 0. The van der Waals surface area contributed by atoms with E-state index in [0.717, 1.165) is 70.2 Å². The summed E-state index contributed by atoms with van der Waals surface area (Å²) in [5.41, 5.74) is 3.99. The Morgan fingerprint density at radius 2 is 0.711 bits per heavy atom. The second kappa shape index (κ2) is 13.6. The molecule has 2 N–H and O–H groups in total. The highest BCUT2D eigenvalue weighted by Crippen LogP contribution is 2.53. The van der Waals surface area contributed by atoms with E-state index in [1.54, 1.807) is 0 Å². The van der Waals surface area contributed by atoms with Crippen molar-refractivity contribution < 1.29 is 19.7 Å². The molecule has 0 radical (unpaired) electrons. The lowest BCUT2D eigenvalue weighted by atomic mass is 9.68. The first-order valence-electron chi connectivity index (χ1n) is 16.9. The first kappa shape index (κ1) is 33.1. The van der Waals surface area contributed by atoms with Gasteiger partial charge < -0.3 is 19.7 Å². The molecule has 0 bridgehead atoms. The van der Waals surface area contributed by atoms with Gasteiger partial charge in [-0.15, -0.1) is 0 Å². The van der Waals surface area contributed by atoms with E-state index >= 15 is 0 Å². The van der Waals surface area contributed by atoms with Gasteiger partial charge in [-0.25, -0.2) is 0 Å². The zero-order valence-electron chi connectivity index (χ0n) is 27.8. The van der Waals surface area contributed by atoms with Crippen molar-refractivity contribution in [3.63, 3.8) is 0 Å². The standard InChI is InChI=1S/C41H50O4/c1-7-29-21-13-17-25-33(29)40(42,34-26-18-14-22-30(34)8-2)37-38(45-39(11-5,12-6)44-37)41(43,35-27-19-15-23-31(35)9-3)36-28-20-16-24-32(36)10-4/h13-28,37-38,42-43H,7-12H2,1-6H3/t37-,38-/m1/s1.